The Labute approximate surface area is 398 Å². The van der Waals surface area contributed by atoms with Crippen LogP contribution in [0.2, 0.25) is 39.3 Å². The zero-order chi connectivity index (χ0) is 45.9. The summed E-state index contributed by atoms with van der Waals surface area (Å²) in [6, 6.07) is 85.4. The third kappa shape index (κ3) is 7.14. The van der Waals surface area contributed by atoms with Gasteiger partial charge in [-0.25, -0.2) is 0 Å². The number of rotatable bonds is 10. The van der Waals surface area contributed by atoms with Crippen LogP contribution >= 0.6 is 0 Å². The van der Waals surface area contributed by atoms with Crippen LogP contribution in [-0.4, -0.2) is 16.1 Å². The summed E-state index contributed by atoms with van der Waals surface area (Å²) in [5, 5.41) is 5.13. The van der Waals surface area contributed by atoms with E-state index >= 15 is 0 Å². The van der Waals surface area contributed by atoms with Crippen molar-refractivity contribution in [2.24, 2.45) is 0 Å². The third-order valence-electron chi connectivity index (χ3n) is 14.3. The van der Waals surface area contributed by atoms with Crippen molar-refractivity contribution in [2.75, 3.05) is 9.80 Å². The second kappa shape index (κ2) is 16.6. The number of benzene rings is 10. The van der Waals surface area contributed by atoms with Crippen LogP contribution in [-0.2, 0) is 4.66 Å². The zero-order valence-electron chi connectivity index (χ0n) is 39.3. The van der Waals surface area contributed by atoms with E-state index in [0.717, 1.165) is 28.4 Å². The van der Waals surface area contributed by atoms with Crippen molar-refractivity contribution in [2.45, 2.75) is 43.9 Å². The molecule has 10 aromatic carbocycles. The average Bonchev–Trinajstić information content (AvgIpc) is 3.66. The minimum atomic E-state index is -2.09. The van der Waals surface area contributed by atoms with Crippen molar-refractivity contribution in [1.29, 1.82) is 0 Å². The van der Waals surface area contributed by atoms with E-state index in [1.165, 1.54) is 71.7 Å². The van der Waals surface area contributed by atoms with Gasteiger partial charge in [0.1, 0.15) is 0 Å². The summed E-state index contributed by atoms with van der Waals surface area (Å²) in [4.78, 5) is 4.91. The molecule has 11 rings (SSSR count). The summed E-state index contributed by atoms with van der Waals surface area (Å²) in [6.07, 6.45) is 0. The quantitative estimate of drug-likeness (QED) is 0.126. The van der Waals surface area contributed by atoms with Gasteiger partial charge in [0.05, 0.1) is 21.8 Å². The summed E-state index contributed by atoms with van der Waals surface area (Å²) in [5.74, 6) is 0. The van der Waals surface area contributed by atoms with Gasteiger partial charge in [-0.2, -0.15) is 0 Å². The first-order valence-electron chi connectivity index (χ1n) is 23.7. The molecule has 1 aliphatic carbocycles. The van der Waals surface area contributed by atoms with Crippen LogP contribution in [0.15, 0.2) is 231 Å². The molecule has 4 heteroatoms. The molecule has 0 bridgehead atoms. The molecule has 0 unspecified atom stereocenters. The van der Waals surface area contributed by atoms with Gasteiger partial charge >= 0.3 is 0 Å². The molecule has 67 heavy (non-hydrogen) atoms. The molecule has 0 radical (unpaired) electrons. The smallest absolute Gasteiger partial charge is 0.0579 e. The molecule has 0 spiro atoms. The molecule has 0 aromatic heterocycles. The number of nitrogens with zero attached hydrogens (tertiary/aromatic N) is 2. The highest BCUT2D eigenvalue weighted by Gasteiger charge is 2.59. The van der Waals surface area contributed by atoms with Gasteiger partial charge in [-0.1, -0.05) is 197 Å². The lowest BCUT2D eigenvalue weighted by atomic mass is 9.94. The van der Waals surface area contributed by atoms with Crippen molar-refractivity contribution in [3.63, 3.8) is 0 Å². The number of hydrogen-bond donors (Lipinski definition) is 0. The molecule has 2 nitrogen and oxygen atoms in total. The Kier molecular flexibility index (Phi) is 10.5. The van der Waals surface area contributed by atoms with Crippen molar-refractivity contribution in [1.82, 2.24) is 0 Å². The van der Waals surface area contributed by atoms with E-state index in [1.807, 2.05) is 0 Å². The Morgan fingerprint density at radius 1 is 0.313 bits per heavy atom. The largest absolute Gasteiger partial charge is 0.310 e. The summed E-state index contributed by atoms with van der Waals surface area (Å²) in [5.41, 5.74) is 17.7. The van der Waals surface area contributed by atoms with Crippen LogP contribution in [0.25, 0.3) is 54.9 Å². The molecular weight excluding hydrogens is 841 g/mol. The van der Waals surface area contributed by atoms with Crippen LogP contribution < -0.4 is 9.80 Å². The van der Waals surface area contributed by atoms with Crippen LogP contribution in [0, 0.1) is 0 Å². The highest BCUT2D eigenvalue weighted by molar-refractivity contribution is 6.99. The minimum Gasteiger partial charge on any atom is -0.310 e. The molecular formula is C63H56N2Si2. The van der Waals surface area contributed by atoms with E-state index in [0.29, 0.717) is 0 Å². The van der Waals surface area contributed by atoms with Crippen molar-refractivity contribution >= 4 is 71.8 Å². The maximum atomic E-state index is 2.64. The molecule has 10 aromatic rings. The highest BCUT2D eigenvalue weighted by atomic mass is 28.4. The minimum absolute atomic E-state index is 0.0977. The van der Waals surface area contributed by atoms with E-state index in [1.54, 1.807) is 0 Å². The summed E-state index contributed by atoms with van der Waals surface area (Å²) in [7, 11) is -4.18. The monoisotopic (exact) mass is 896 g/mol. The molecule has 0 aliphatic heterocycles. The van der Waals surface area contributed by atoms with Gasteiger partial charge in [-0.15, -0.1) is 0 Å². The Morgan fingerprint density at radius 3 is 1.25 bits per heavy atom. The molecule has 1 aliphatic rings. The van der Waals surface area contributed by atoms with Gasteiger partial charge in [-0.3, -0.25) is 0 Å². The van der Waals surface area contributed by atoms with Crippen LogP contribution in [0.5, 0.6) is 0 Å². The molecule has 0 heterocycles. The van der Waals surface area contributed by atoms with Crippen molar-refractivity contribution in [3.8, 4) is 33.4 Å². The van der Waals surface area contributed by atoms with Gasteiger partial charge in [-0.05, 0) is 133 Å². The van der Waals surface area contributed by atoms with E-state index < -0.39 is 16.1 Å². The molecule has 0 fully saturated rings. The fraction of sp³-hybridized carbons (Fsp3) is 0.111. The highest BCUT2D eigenvalue weighted by Crippen LogP contribution is 2.62. The molecule has 0 amide bonds. The second-order valence-electron chi connectivity index (χ2n) is 20.2. The molecule has 0 N–H and O–H groups in total. The lowest BCUT2D eigenvalue weighted by Gasteiger charge is -2.51. The number of para-hydroxylation sites is 2. The first-order valence-corrected chi connectivity index (χ1v) is 30.7. The first kappa shape index (κ1) is 42.4. The summed E-state index contributed by atoms with van der Waals surface area (Å²) in [6.45, 7) is 15.8. The summed E-state index contributed by atoms with van der Waals surface area (Å²) >= 11 is 0. The fourth-order valence-corrected chi connectivity index (χ4v) is 24.9. The predicted octanol–water partition coefficient (Wildman–Crippen LogP) is 18.3. The Balaban J connectivity index is 1.12. The first-order chi connectivity index (χ1) is 32.5. The standard InChI is InChI=1S/C63H56N2Si2/c1-66(2,3)63(67(4,5)6)59-43-50-41-55(64(51-25-15-9-16-26-51)53-36-31-47(32-37-53)45-21-11-7-12-22-45)40-35-49(50)42-58(59)62-57-30-20-19-29-56(57)61(44-60(62)63)65(52-27-17-10-18-28-52)54-38-33-48(34-39-54)46-23-13-8-14-24-46/h7-44H,1-6H3. The van der Waals surface area contributed by atoms with Gasteiger partial charge in [0.2, 0.25) is 0 Å². The molecule has 0 saturated heterocycles. The number of anilines is 6. The molecule has 326 valence electrons. The van der Waals surface area contributed by atoms with E-state index in [9.17, 15) is 0 Å². The Morgan fingerprint density at radius 2 is 0.731 bits per heavy atom. The number of fused-ring (bicyclic) bond motifs is 6. The molecule has 0 atom stereocenters. The van der Waals surface area contributed by atoms with Gasteiger partial charge in [0.15, 0.2) is 0 Å². The van der Waals surface area contributed by atoms with E-state index in [-0.39, 0.29) is 4.66 Å². The van der Waals surface area contributed by atoms with E-state index in [4.69, 9.17) is 0 Å². The number of hydrogen-bond acceptors (Lipinski definition) is 2. The van der Waals surface area contributed by atoms with Crippen LogP contribution in [0.1, 0.15) is 11.1 Å². The second-order valence-corrected chi connectivity index (χ2v) is 31.2. The summed E-state index contributed by atoms with van der Waals surface area (Å²) < 4.78 is -0.0977. The maximum Gasteiger partial charge on any atom is 0.0579 e. The zero-order valence-corrected chi connectivity index (χ0v) is 41.3. The van der Waals surface area contributed by atoms with Crippen LogP contribution in [0.3, 0.4) is 0 Å². The molecule has 0 saturated carbocycles. The predicted molar refractivity (Wildman–Crippen MR) is 295 cm³/mol. The maximum absolute atomic E-state index is 2.64. The van der Waals surface area contributed by atoms with Gasteiger partial charge in [0.25, 0.3) is 0 Å². The average molecular weight is 897 g/mol. The fourth-order valence-electron chi connectivity index (χ4n) is 11.9. The normalized spacial score (nSPS) is 13.0. The SMILES string of the molecule is C[Si](C)(C)C1([Si](C)(C)C)c2cc3cc(N(c4ccccc4)c4ccc(-c5ccccc5)cc4)ccc3cc2-c2c1cc(N(c1ccccc1)c1ccc(-c3ccccc3)cc1)c1ccccc21. The van der Waals surface area contributed by atoms with E-state index in [2.05, 4.69) is 280 Å². The lowest BCUT2D eigenvalue weighted by molar-refractivity contribution is 0.954. The van der Waals surface area contributed by atoms with Crippen molar-refractivity contribution in [3.05, 3.63) is 242 Å². The van der Waals surface area contributed by atoms with Gasteiger partial charge < -0.3 is 9.80 Å². The lowest BCUT2D eigenvalue weighted by Crippen LogP contribution is -2.63. The Bertz CT molecular complexity index is 3380. The Hall–Kier alpha value is -7.25. The van der Waals surface area contributed by atoms with Gasteiger partial charge in [0, 0.05) is 38.5 Å². The van der Waals surface area contributed by atoms with Crippen LogP contribution in [0.4, 0.5) is 34.1 Å². The third-order valence-corrected chi connectivity index (χ3v) is 24.4. The topological polar surface area (TPSA) is 6.48 Å². The van der Waals surface area contributed by atoms with Crippen molar-refractivity contribution < 1.29 is 0 Å².